The van der Waals surface area contributed by atoms with Crippen LogP contribution in [0, 0.1) is 6.92 Å². The zero-order valence-electron chi connectivity index (χ0n) is 16.0. The smallest absolute Gasteiger partial charge is 0.277 e. The van der Waals surface area contributed by atoms with Crippen molar-refractivity contribution in [3.8, 4) is 0 Å². The van der Waals surface area contributed by atoms with Gasteiger partial charge in [0.15, 0.2) is 0 Å². The lowest BCUT2D eigenvalue weighted by molar-refractivity contribution is 0.0926. The molecule has 8 nitrogen and oxygen atoms in total. The van der Waals surface area contributed by atoms with Crippen LogP contribution in [-0.4, -0.2) is 26.6 Å². The number of halogens is 1. The third-order valence-corrected chi connectivity index (χ3v) is 4.67. The number of alkyl halides is 1. The van der Waals surface area contributed by atoms with E-state index in [1.807, 2.05) is 13.8 Å². The first kappa shape index (κ1) is 19.5. The molecule has 3 heterocycles. The van der Waals surface area contributed by atoms with Crippen molar-refractivity contribution in [2.45, 2.75) is 45.4 Å². The average molecular weight is 386 g/mol. The number of carbonyl (C=O) groups excluding carboxylic acids is 1. The summed E-state index contributed by atoms with van der Waals surface area (Å²) in [5, 5.41) is 5.76. The summed E-state index contributed by atoms with van der Waals surface area (Å²) in [6.45, 7) is 5.74. The second kappa shape index (κ2) is 7.41. The topological polar surface area (TPSA) is 115 Å². The van der Waals surface area contributed by atoms with E-state index in [-0.39, 0.29) is 29.5 Å². The molecule has 2 atom stereocenters. The number of nitrogens with one attached hydrogen (secondary N) is 2. The van der Waals surface area contributed by atoms with E-state index in [1.165, 1.54) is 23.0 Å². The van der Waals surface area contributed by atoms with Crippen molar-refractivity contribution in [1.82, 2.24) is 19.9 Å². The largest absolute Gasteiger partial charge is 0.384 e. The Morgan fingerprint density at radius 1 is 1.32 bits per heavy atom. The van der Waals surface area contributed by atoms with Gasteiger partial charge in [0.2, 0.25) is 0 Å². The molecule has 1 aliphatic carbocycles. The number of nitrogen functional groups attached to an aromatic ring is 1. The molecule has 9 heteroatoms. The van der Waals surface area contributed by atoms with E-state index in [0.29, 0.717) is 17.8 Å². The molecule has 0 bridgehead atoms. The fraction of sp³-hybridized carbons (Fsp3) is 0.368. The minimum atomic E-state index is -1.08. The van der Waals surface area contributed by atoms with E-state index in [4.69, 9.17) is 5.73 Å². The van der Waals surface area contributed by atoms with Gasteiger partial charge >= 0.3 is 0 Å². The van der Waals surface area contributed by atoms with Crippen molar-refractivity contribution in [2.75, 3.05) is 11.1 Å². The number of aryl methyl sites for hydroxylation is 1. The van der Waals surface area contributed by atoms with Crippen LogP contribution < -0.4 is 21.9 Å². The highest BCUT2D eigenvalue weighted by molar-refractivity contribution is 5.97. The van der Waals surface area contributed by atoms with Gasteiger partial charge in [0.05, 0.1) is 0 Å². The molecule has 0 saturated carbocycles. The number of hydrogen-bond acceptors (Lipinski definition) is 6. The number of hydrogen-bond donors (Lipinski definition) is 3. The van der Waals surface area contributed by atoms with Crippen LogP contribution in [0.5, 0.6) is 0 Å². The molecule has 4 N–H and O–H groups in total. The Morgan fingerprint density at radius 2 is 2.07 bits per heavy atom. The van der Waals surface area contributed by atoms with E-state index < -0.39 is 17.4 Å². The van der Waals surface area contributed by atoms with E-state index in [1.54, 1.807) is 19.1 Å². The number of nitrogens with zero attached hydrogens (tertiary/aromatic N) is 3. The molecule has 2 aliphatic rings. The molecular weight excluding hydrogens is 363 g/mol. The van der Waals surface area contributed by atoms with Gasteiger partial charge in [0, 0.05) is 6.07 Å². The Balaban J connectivity index is 0.00000109. The van der Waals surface area contributed by atoms with Crippen molar-refractivity contribution < 1.29 is 9.18 Å². The van der Waals surface area contributed by atoms with Gasteiger partial charge in [-0.1, -0.05) is 19.9 Å². The van der Waals surface area contributed by atoms with Crippen LogP contribution in [0.2, 0.25) is 0 Å². The molecule has 2 aromatic heterocycles. The monoisotopic (exact) mass is 386 g/mol. The SMILES string of the molecule is CC.Cc1cc(Nc2cc(N)ncn2)c(=O)n2c1C(=O)NC21C=CC(F)CC1. The number of allylic oxidation sites excluding steroid dienone is 1. The summed E-state index contributed by atoms with van der Waals surface area (Å²) in [6.07, 6.45) is 3.67. The number of rotatable bonds is 2. The molecule has 1 spiro atoms. The van der Waals surface area contributed by atoms with E-state index in [0.717, 1.165) is 0 Å². The molecule has 148 valence electrons. The lowest BCUT2D eigenvalue weighted by Crippen LogP contribution is -2.47. The fourth-order valence-corrected chi connectivity index (χ4v) is 3.48. The second-order valence-corrected chi connectivity index (χ2v) is 6.48. The van der Waals surface area contributed by atoms with Crippen molar-refractivity contribution in [3.05, 3.63) is 52.2 Å². The van der Waals surface area contributed by atoms with Gasteiger partial charge in [0.25, 0.3) is 11.5 Å². The standard InChI is InChI=1S/C17H17FN6O2.C2H6/c1-9-6-11(22-13-7-12(19)20-8-21-13)16(26)24-14(9)15(25)23-17(24)4-2-10(18)3-5-17;1-2/h2,4,6-8,10H,3,5H2,1H3,(H,23,25)(H3,19,20,21,22);1-2H3. The van der Waals surface area contributed by atoms with Crippen molar-refractivity contribution in [1.29, 1.82) is 0 Å². The zero-order valence-corrected chi connectivity index (χ0v) is 16.0. The molecule has 0 radical (unpaired) electrons. The molecule has 0 saturated heterocycles. The van der Waals surface area contributed by atoms with Crippen LogP contribution in [0.25, 0.3) is 0 Å². The number of nitrogens with two attached hydrogens (primary N) is 1. The highest BCUT2D eigenvalue weighted by Gasteiger charge is 2.44. The Bertz CT molecular complexity index is 1000. The van der Waals surface area contributed by atoms with Crippen molar-refractivity contribution >= 4 is 23.2 Å². The number of pyridine rings is 1. The van der Waals surface area contributed by atoms with Gasteiger partial charge in [0.1, 0.15) is 41.2 Å². The van der Waals surface area contributed by atoms with E-state index in [2.05, 4.69) is 20.6 Å². The normalized spacial score (nSPS) is 22.3. The quantitative estimate of drug-likeness (QED) is 0.683. The van der Waals surface area contributed by atoms with Crippen LogP contribution in [0.3, 0.4) is 0 Å². The summed E-state index contributed by atoms with van der Waals surface area (Å²) >= 11 is 0. The maximum absolute atomic E-state index is 13.6. The summed E-state index contributed by atoms with van der Waals surface area (Å²) < 4.78 is 15.0. The third-order valence-electron chi connectivity index (χ3n) is 4.67. The molecular formula is C19H23FN6O2. The number of anilines is 3. The summed E-state index contributed by atoms with van der Waals surface area (Å²) in [6, 6.07) is 3.09. The Kier molecular flexibility index (Phi) is 5.17. The summed E-state index contributed by atoms with van der Waals surface area (Å²) in [5.74, 6) is 0.279. The third kappa shape index (κ3) is 3.23. The van der Waals surface area contributed by atoms with Crippen LogP contribution in [0.4, 0.5) is 21.7 Å². The summed E-state index contributed by atoms with van der Waals surface area (Å²) in [5.41, 5.74) is 5.35. The average Bonchev–Trinajstić information content (AvgIpc) is 2.96. The molecule has 28 heavy (non-hydrogen) atoms. The maximum atomic E-state index is 13.6. The molecule has 1 aliphatic heterocycles. The number of fused-ring (bicyclic) bond motifs is 2. The number of amides is 1. The van der Waals surface area contributed by atoms with Gasteiger partial charge in [-0.15, -0.1) is 0 Å². The fourth-order valence-electron chi connectivity index (χ4n) is 3.48. The minimum Gasteiger partial charge on any atom is -0.384 e. The summed E-state index contributed by atoms with van der Waals surface area (Å²) in [7, 11) is 0. The molecule has 2 unspecified atom stereocenters. The van der Waals surface area contributed by atoms with Gasteiger partial charge in [-0.05, 0) is 37.5 Å². The van der Waals surface area contributed by atoms with Gasteiger partial charge < -0.3 is 16.4 Å². The van der Waals surface area contributed by atoms with E-state index >= 15 is 0 Å². The van der Waals surface area contributed by atoms with Gasteiger partial charge in [-0.25, -0.2) is 14.4 Å². The first-order valence-electron chi connectivity index (χ1n) is 9.17. The van der Waals surface area contributed by atoms with Crippen LogP contribution in [0.15, 0.2) is 35.4 Å². The molecule has 1 amide bonds. The van der Waals surface area contributed by atoms with E-state index in [9.17, 15) is 14.0 Å². The van der Waals surface area contributed by atoms with Crippen molar-refractivity contribution in [3.63, 3.8) is 0 Å². The molecule has 0 aromatic carbocycles. The maximum Gasteiger partial charge on any atom is 0.277 e. The molecule has 0 fully saturated rings. The predicted molar refractivity (Wildman–Crippen MR) is 105 cm³/mol. The molecule has 2 aromatic rings. The predicted octanol–water partition coefficient (Wildman–Crippen LogP) is 2.38. The first-order valence-corrected chi connectivity index (χ1v) is 9.17. The molecule has 4 rings (SSSR count). The number of aromatic nitrogens is 3. The lowest BCUT2D eigenvalue weighted by Gasteiger charge is -2.32. The number of carbonyl (C=O) groups is 1. The Labute approximate surface area is 161 Å². The second-order valence-electron chi connectivity index (χ2n) is 6.48. The highest BCUT2D eigenvalue weighted by atomic mass is 19.1. The minimum absolute atomic E-state index is 0.224. The zero-order chi connectivity index (χ0) is 20.5. The summed E-state index contributed by atoms with van der Waals surface area (Å²) in [4.78, 5) is 33.4. The Hall–Kier alpha value is -3.23. The van der Waals surface area contributed by atoms with Crippen LogP contribution >= 0.6 is 0 Å². The van der Waals surface area contributed by atoms with Crippen LogP contribution in [0.1, 0.15) is 42.7 Å². The van der Waals surface area contributed by atoms with Gasteiger partial charge in [-0.3, -0.25) is 14.2 Å². The van der Waals surface area contributed by atoms with Crippen LogP contribution in [-0.2, 0) is 5.66 Å². The Morgan fingerprint density at radius 3 is 2.71 bits per heavy atom. The van der Waals surface area contributed by atoms with Gasteiger partial charge in [-0.2, -0.15) is 0 Å². The lowest BCUT2D eigenvalue weighted by atomic mass is 9.95. The highest BCUT2D eigenvalue weighted by Crippen LogP contribution is 2.34. The van der Waals surface area contributed by atoms with Crippen molar-refractivity contribution in [2.24, 2.45) is 0 Å². The first-order chi connectivity index (χ1) is 13.4.